The second-order valence-electron chi connectivity index (χ2n) is 10.9. The van der Waals surface area contributed by atoms with E-state index in [0.29, 0.717) is 22.8 Å². The second kappa shape index (κ2) is 9.44. The highest BCUT2D eigenvalue weighted by Gasteiger charge is 2.20. The summed E-state index contributed by atoms with van der Waals surface area (Å²) in [5.74, 6) is 0.833. The summed E-state index contributed by atoms with van der Waals surface area (Å²) in [6.07, 6.45) is 0. The van der Waals surface area contributed by atoms with Crippen LogP contribution < -0.4 is 5.56 Å². The van der Waals surface area contributed by atoms with Gasteiger partial charge in [0.1, 0.15) is 5.65 Å². The van der Waals surface area contributed by atoms with Gasteiger partial charge in [0.05, 0.1) is 11.0 Å². The van der Waals surface area contributed by atoms with Gasteiger partial charge in [0, 0.05) is 27.3 Å². The first-order valence-electron chi connectivity index (χ1n) is 14.4. The number of hydrogen-bond donors (Lipinski definition) is 0. The Morgan fingerprint density at radius 3 is 1.86 bits per heavy atom. The Labute approximate surface area is 250 Å². The second-order valence-corrected chi connectivity index (χ2v) is 10.9. The standard InChI is InChI=1S/C38H22N4O2/c43-38-31-10-6-9-28-29(21-22-30(34(28)31)35-39-32-11-4-5-12-33(32)42(35)38)37-41-40-36(44-37)27-19-17-26(18-20-27)25-15-13-24(14-16-25)23-7-2-1-3-8-23/h1-22H. The molecule has 6 nitrogen and oxygen atoms in total. The number of benzene rings is 6. The predicted molar refractivity (Wildman–Crippen MR) is 175 cm³/mol. The van der Waals surface area contributed by atoms with Gasteiger partial charge in [-0.1, -0.05) is 91.0 Å². The van der Waals surface area contributed by atoms with Gasteiger partial charge >= 0.3 is 0 Å². The van der Waals surface area contributed by atoms with E-state index < -0.39 is 0 Å². The van der Waals surface area contributed by atoms with Crippen LogP contribution in [0.5, 0.6) is 0 Å². The first-order valence-corrected chi connectivity index (χ1v) is 14.4. The van der Waals surface area contributed by atoms with E-state index >= 15 is 0 Å². The summed E-state index contributed by atoms with van der Waals surface area (Å²) < 4.78 is 7.93. The fraction of sp³-hybridized carbons (Fsp3) is 0. The topological polar surface area (TPSA) is 73.3 Å². The van der Waals surface area contributed by atoms with Gasteiger partial charge in [-0.15, -0.1) is 10.2 Å². The van der Waals surface area contributed by atoms with Gasteiger partial charge in [0.15, 0.2) is 0 Å². The van der Waals surface area contributed by atoms with Gasteiger partial charge in [-0.3, -0.25) is 9.20 Å². The fourth-order valence-electron chi connectivity index (χ4n) is 6.23. The van der Waals surface area contributed by atoms with Crippen LogP contribution in [0.25, 0.3) is 83.4 Å². The molecule has 3 heterocycles. The zero-order chi connectivity index (χ0) is 29.2. The number of imidazole rings is 1. The minimum atomic E-state index is -0.0926. The fourth-order valence-corrected chi connectivity index (χ4v) is 6.23. The molecule has 0 saturated carbocycles. The third-order valence-corrected chi connectivity index (χ3v) is 8.39. The molecule has 44 heavy (non-hydrogen) atoms. The molecule has 6 aromatic carbocycles. The molecule has 0 N–H and O–H groups in total. The number of pyridine rings is 1. The van der Waals surface area contributed by atoms with E-state index in [4.69, 9.17) is 9.40 Å². The molecule has 3 aromatic heterocycles. The van der Waals surface area contributed by atoms with Gasteiger partial charge in [-0.2, -0.15) is 0 Å². The van der Waals surface area contributed by atoms with Gasteiger partial charge in [0.25, 0.3) is 5.56 Å². The summed E-state index contributed by atoms with van der Waals surface area (Å²) in [5, 5.41) is 12.0. The smallest absolute Gasteiger partial charge is 0.264 e. The van der Waals surface area contributed by atoms with Crippen molar-refractivity contribution in [2.24, 2.45) is 0 Å². The van der Waals surface area contributed by atoms with Crippen molar-refractivity contribution in [2.45, 2.75) is 0 Å². The highest BCUT2D eigenvalue weighted by Crippen LogP contribution is 2.36. The Balaban J connectivity index is 1.08. The monoisotopic (exact) mass is 566 g/mol. The molecule has 206 valence electrons. The number of para-hydroxylation sites is 2. The molecule has 0 aliphatic rings. The Bertz CT molecular complexity index is 2550. The summed E-state index contributed by atoms with van der Waals surface area (Å²) in [7, 11) is 0. The lowest BCUT2D eigenvalue weighted by Crippen LogP contribution is -2.13. The minimum Gasteiger partial charge on any atom is -0.416 e. The maximum atomic E-state index is 13.7. The SMILES string of the molecule is O=c1c2cccc3c(-c4nnc(-c5ccc(-c6ccc(-c7ccccc7)cc6)cc5)o4)ccc(c32)c2nc3ccccc3n12. The molecular formula is C38H22N4O2. The first kappa shape index (κ1) is 24.5. The van der Waals surface area contributed by atoms with Crippen LogP contribution in [0.1, 0.15) is 0 Å². The number of rotatable bonds is 4. The Kier molecular flexibility index (Phi) is 5.25. The lowest BCUT2D eigenvalue weighted by Gasteiger charge is -2.09. The molecule has 0 aliphatic carbocycles. The predicted octanol–water partition coefficient (Wildman–Crippen LogP) is 8.64. The van der Waals surface area contributed by atoms with Crippen LogP contribution >= 0.6 is 0 Å². The van der Waals surface area contributed by atoms with Crippen LogP contribution in [-0.2, 0) is 0 Å². The van der Waals surface area contributed by atoms with E-state index in [9.17, 15) is 4.79 Å². The Hall–Kier alpha value is -6.14. The van der Waals surface area contributed by atoms with Crippen LogP contribution in [0.15, 0.2) is 143 Å². The van der Waals surface area contributed by atoms with Crippen LogP contribution in [0.3, 0.4) is 0 Å². The zero-order valence-corrected chi connectivity index (χ0v) is 23.3. The number of aromatic nitrogens is 4. The molecular weight excluding hydrogens is 544 g/mol. The lowest BCUT2D eigenvalue weighted by atomic mass is 9.98. The van der Waals surface area contributed by atoms with Gasteiger partial charge in [-0.25, -0.2) is 4.98 Å². The number of fused-ring (bicyclic) bond motifs is 4. The number of nitrogens with zero attached hydrogens (tertiary/aromatic N) is 4. The zero-order valence-electron chi connectivity index (χ0n) is 23.3. The first-order chi connectivity index (χ1) is 21.7. The van der Waals surface area contributed by atoms with Gasteiger partial charge < -0.3 is 4.42 Å². The van der Waals surface area contributed by atoms with E-state index in [2.05, 4.69) is 70.9 Å². The molecule has 0 radical (unpaired) electrons. The molecule has 0 saturated heterocycles. The number of hydrogen-bond acceptors (Lipinski definition) is 5. The third kappa shape index (κ3) is 3.68. The largest absolute Gasteiger partial charge is 0.416 e. The normalized spacial score (nSPS) is 11.7. The van der Waals surface area contributed by atoms with Crippen molar-refractivity contribution in [3.63, 3.8) is 0 Å². The molecule has 9 aromatic rings. The van der Waals surface area contributed by atoms with Crippen molar-refractivity contribution in [1.82, 2.24) is 19.6 Å². The van der Waals surface area contributed by atoms with E-state index in [-0.39, 0.29) is 5.56 Å². The van der Waals surface area contributed by atoms with Crippen LogP contribution in [0.2, 0.25) is 0 Å². The minimum absolute atomic E-state index is 0.0926. The average Bonchev–Trinajstić information content (AvgIpc) is 3.74. The van der Waals surface area contributed by atoms with Crippen molar-refractivity contribution in [2.75, 3.05) is 0 Å². The molecule has 0 bridgehead atoms. The molecule has 0 atom stereocenters. The summed E-state index contributed by atoms with van der Waals surface area (Å²) >= 11 is 0. The van der Waals surface area contributed by atoms with Crippen LogP contribution in [0, 0.1) is 0 Å². The Morgan fingerprint density at radius 2 is 1.11 bits per heavy atom. The maximum absolute atomic E-state index is 13.7. The van der Waals surface area contributed by atoms with E-state index in [1.54, 1.807) is 4.40 Å². The summed E-state index contributed by atoms with van der Waals surface area (Å²) in [5.41, 5.74) is 8.37. The molecule has 6 heteroatoms. The van der Waals surface area contributed by atoms with Crippen molar-refractivity contribution in [3.8, 4) is 45.2 Å². The molecule has 0 spiro atoms. The Morgan fingerprint density at radius 1 is 0.500 bits per heavy atom. The van der Waals surface area contributed by atoms with E-state index in [0.717, 1.165) is 49.4 Å². The molecule has 0 amide bonds. The molecule has 0 aliphatic heterocycles. The van der Waals surface area contributed by atoms with Crippen molar-refractivity contribution < 1.29 is 4.42 Å². The van der Waals surface area contributed by atoms with Crippen LogP contribution in [0.4, 0.5) is 0 Å². The van der Waals surface area contributed by atoms with Crippen molar-refractivity contribution >= 4 is 38.2 Å². The van der Waals surface area contributed by atoms with E-state index in [1.165, 1.54) is 11.1 Å². The molecule has 9 rings (SSSR count). The highest BCUT2D eigenvalue weighted by atomic mass is 16.4. The van der Waals surface area contributed by atoms with E-state index in [1.807, 2.05) is 72.8 Å². The highest BCUT2D eigenvalue weighted by molar-refractivity contribution is 6.18. The average molecular weight is 567 g/mol. The third-order valence-electron chi connectivity index (χ3n) is 8.39. The lowest BCUT2D eigenvalue weighted by molar-refractivity contribution is 0.585. The van der Waals surface area contributed by atoms with Crippen molar-refractivity contribution in [1.29, 1.82) is 0 Å². The quantitative estimate of drug-likeness (QED) is 0.213. The maximum Gasteiger partial charge on any atom is 0.264 e. The van der Waals surface area contributed by atoms with Gasteiger partial charge in [-0.05, 0) is 70.1 Å². The molecule has 0 unspecified atom stereocenters. The summed E-state index contributed by atoms with van der Waals surface area (Å²) in [6, 6.07) is 44.5. The summed E-state index contributed by atoms with van der Waals surface area (Å²) in [6.45, 7) is 0. The molecule has 0 fully saturated rings. The van der Waals surface area contributed by atoms with Crippen LogP contribution in [-0.4, -0.2) is 19.6 Å². The van der Waals surface area contributed by atoms with Gasteiger partial charge in [0.2, 0.25) is 11.8 Å². The van der Waals surface area contributed by atoms with Crippen molar-refractivity contribution in [3.05, 3.63) is 144 Å². The summed E-state index contributed by atoms with van der Waals surface area (Å²) in [4.78, 5) is 18.5.